The zero-order valence-corrected chi connectivity index (χ0v) is 15.2. The lowest BCUT2D eigenvalue weighted by Crippen LogP contribution is -2.41. The van der Waals surface area contributed by atoms with Gasteiger partial charge in [0.1, 0.15) is 5.37 Å². The molecule has 0 aliphatic carbocycles. The van der Waals surface area contributed by atoms with Gasteiger partial charge in [0.25, 0.3) is 0 Å². The molecule has 0 radical (unpaired) electrons. The molecule has 4 nitrogen and oxygen atoms in total. The zero-order chi connectivity index (χ0) is 17.0. The van der Waals surface area contributed by atoms with Crippen LogP contribution in [0, 0.1) is 12.8 Å². The SMILES string of the molecule is CCN(CCN1C(=O)CSC1c1ccccc1C)C(=O)C(C)C. The van der Waals surface area contributed by atoms with Crippen LogP contribution >= 0.6 is 11.8 Å². The number of hydrogen-bond donors (Lipinski definition) is 0. The second-order valence-corrected chi connectivity index (χ2v) is 7.25. The van der Waals surface area contributed by atoms with Crippen LogP contribution in [0.4, 0.5) is 0 Å². The van der Waals surface area contributed by atoms with Crippen LogP contribution in [-0.4, -0.2) is 47.0 Å². The first-order valence-corrected chi connectivity index (χ1v) is 9.26. The molecule has 0 bridgehead atoms. The number of thioether (sulfide) groups is 1. The maximum atomic E-state index is 12.3. The molecule has 0 aromatic heterocycles. The van der Waals surface area contributed by atoms with Gasteiger partial charge in [0.15, 0.2) is 0 Å². The minimum absolute atomic E-state index is 0.00855. The van der Waals surface area contributed by atoms with Crippen molar-refractivity contribution in [3.63, 3.8) is 0 Å². The highest BCUT2D eigenvalue weighted by atomic mass is 32.2. The van der Waals surface area contributed by atoms with Crippen LogP contribution in [0.25, 0.3) is 0 Å². The molecular formula is C18H26N2O2S. The van der Waals surface area contributed by atoms with Crippen molar-refractivity contribution >= 4 is 23.6 Å². The highest BCUT2D eigenvalue weighted by molar-refractivity contribution is 8.00. The van der Waals surface area contributed by atoms with Crippen molar-refractivity contribution in [1.29, 1.82) is 0 Å². The maximum Gasteiger partial charge on any atom is 0.233 e. The molecule has 1 aliphatic rings. The first-order valence-electron chi connectivity index (χ1n) is 8.21. The third kappa shape index (κ3) is 4.08. The molecule has 2 amide bonds. The van der Waals surface area contributed by atoms with Gasteiger partial charge in [-0.1, -0.05) is 38.1 Å². The van der Waals surface area contributed by atoms with Crippen molar-refractivity contribution in [1.82, 2.24) is 9.80 Å². The zero-order valence-electron chi connectivity index (χ0n) is 14.4. The minimum Gasteiger partial charge on any atom is -0.341 e. The number of benzene rings is 1. The van der Waals surface area contributed by atoms with Crippen LogP contribution in [0.15, 0.2) is 24.3 Å². The lowest BCUT2D eigenvalue weighted by Gasteiger charge is -2.29. The Bertz CT molecular complexity index is 574. The summed E-state index contributed by atoms with van der Waals surface area (Å²) in [5.41, 5.74) is 2.40. The molecule has 1 aromatic carbocycles. The monoisotopic (exact) mass is 334 g/mol. The molecule has 0 spiro atoms. The van der Waals surface area contributed by atoms with Gasteiger partial charge in [-0.25, -0.2) is 0 Å². The van der Waals surface area contributed by atoms with Crippen molar-refractivity contribution < 1.29 is 9.59 Å². The molecule has 5 heteroatoms. The van der Waals surface area contributed by atoms with Crippen LogP contribution in [0.5, 0.6) is 0 Å². The van der Waals surface area contributed by atoms with Crippen LogP contribution in [-0.2, 0) is 9.59 Å². The number of amides is 2. The fourth-order valence-corrected chi connectivity index (χ4v) is 4.15. The second-order valence-electron chi connectivity index (χ2n) is 6.18. The lowest BCUT2D eigenvalue weighted by atomic mass is 10.1. The van der Waals surface area contributed by atoms with Gasteiger partial charge in [-0.15, -0.1) is 11.8 Å². The number of aryl methyl sites for hydroxylation is 1. The van der Waals surface area contributed by atoms with E-state index in [4.69, 9.17) is 0 Å². The van der Waals surface area contributed by atoms with Gasteiger partial charge < -0.3 is 9.80 Å². The molecule has 126 valence electrons. The van der Waals surface area contributed by atoms with Gasteiger partial charge in [-0.2, -0.15) is 0 Å². The van der Waals surface area contributed by atoms with Gasteiger partial charge >= 0.3 is 0 Å². The molecule has 23 heavy (non-hydrogen) atoms. The van der Waals surface area contributed by atoms with E-state index >= 15 is 0 Å². The molecule has 1 aromatic rings. The Morgan fingerprint density at radius 1 is 1.39 bits per heavy atom. The maximum absolute atomic E-state index is 12.3. The number of carbonyl (C=O) groups excluding carboxylic acids is 2. The fraction of sp³-hybridized carbons (Fsp3) is 0.556. The van der Waals surface area contributed by atoms with E-state index in [0.717, 1.165) is 0 Å². The summed E-state index contributed by atoms with van der Waals surface area (Å²) in [6, 6.07) is 8.21. The molecule has 1 unspecified atom stereocenters. The van der Waals surface area contributed by atoms with E-state index in [1.165, 1.54) is 11.1 Å². The molecule has 0 N–H and O–H groups in total. The van der Waals surface area contributed by atoms with Gasteiger partial charge in [0.05, 0.1) is 5.75 Å². The number of hydrogen-bond acceptors (Lipinski definition) is 3. The first kappa shape index (κ1) is 17.9. The topological polar surface area (TPSA) is 40.6 Å². The number of rotatable bonds is 6. The summed E-state index contributed by atoms with van der Waals surface area (Å²) in [6.45, 7) is 9.77. The van der Waals surface area contributed by atoms with E-state index in [-0.39, 0.29) is 23.1 Å². The van der Waals surface area contributed by atoms with E-state index in [1.54, 1.807) is 11.8 Å². The predicted molar refractivity (Wildman–Crippen MR) is 95.2 cm³/mol. The predicted octanol–water partition coefficient (Wildman–Crippen LogP) is 3.07. The summed E-state index contributed by atoms with van der Waals surface area (Å²) in [7, 11) is 0. The van der Waals surface area contributed by atoms with E-state index < -0.39 is 0 Å². The number of carbonyl (C=O) groups is 2. The Labute approximate surface area is 143 Å². The lowest BCUT2D eigenvalue weighted by molar-refractivity contribution is -0.136. The Morgan fingerprint density at radius 2 is 2.09 bits per heavy atom. The summed E-state index contributed by atoms with van der Waals surface area (Å²) >= 11 is 1.67. The van der Waals surface area contributed by atoms with Gasteiger partial charge in [0.2, 0.25) is 11.8 Å². The number of likely N-dealkylation sites (N-methyl/N-ethyl adjacent to an activating group) is 1. The Hall–Kier alpha value is -1.49. The van der Waals surface area contributed by atoms with Crippen molar-refractivity contribution in [3.8, 4) is 0 Å². The van der Waals surface area contributed by atoms with Crippen molar-refractivity contribution in [2.45, 2.75) is 33.1 Å². The van der Waals surface area contributed by atoms with Crippen LogP contribution in [0.2, 0.25) is 0 Å². The third-order valence-corrected chi connectivity index (χ3v) is 5.46. The van der Waals surface area contributed by atoms with Crippen LogP contribution in [0.3, 0.4) is 0 Å². The normalized spacial score (nSPS) is 17.9. The molecule has 0 saturated carbocycles. The number of nitrogens with zero attached hydrogens (tertiary/aromatic N) is 2. The van der Waals surface area contributed by atoms with E-state index in [9.17, 15) is 9.59 Å². The van der Waals surface area contributed by atoms with E-state index in [0.29, 0.717) is 25.4 Å². The standard InChI is InChI=1S/C18H26N2O2S/c1-5-19(17(22)13(2)3)10-11-20-16(21)12-23-18(20)15-9-7-6-8-14(15)4/h6-9,13,18H,5,10-12H2,1-4H3. The largest absolute Gasteiger partial charge is 0.341 e. The minimum atomic E-state index is -0.00855. The van der Waals surface area contributed by atoms with Crippen LogP contribution < -0.4 is 0 Å². The average molecular weight is 334 g/mol. The third-order valence-electron chi connectivity index (χ3n) is 4.22. The quantitative estimate of drug-likeness (QED) is 0.803. The molecule has 1 fully saturated rings. The molecular weight excluding hydrogens is 308 g/mol. The summed E-state index contributed by atoms with van der Waals surface area (Å²) in [6.07, 6.45) is 0. The van der Waals surface area contributed by atoms with E-state index in [1.807, 2.05) is 42.7 Å². The fourth-order valence-electron chi connectivity index (χ4n) is 2.84. The molecule has 1 saturated heterocycles. The summed E-state index contributed by atoms with van der Waals surface area (Å²) in [5.74, 6) is 0.824. The van der Waals surface area contributed by atoms with E-state index in [2.05, 4.69) is 19.1 Å². The van der Waals surface area contributed by atoms with Crippen molar-refractivity contribution in [2.75, 3.05) is 25.4 Å². The van der Waals surface area contributed by atoms with Crippen molar-refractivity contribution in [2.24, 2.45) is 5.92 Å². The van der Waals surface area contributed by atoms with Crippen molar-refractivity contribution in [3.05, 3.63) is 35.4 Å². The summed E-state index contributed by atoms with van der Waals surface area (Å²) in [5, 5.41) is 0.0663. The van der Waals surface area contributed by atoms with Gasteiger partial charge in [-0.3, -0.25) is 9.59 Å². The highest BCUT2D eigenvalue weighted by Crippen LogP contribution is 2.39. The highest BCUT2D eigenvalue weighted by Gasteiger charge is 2.33. The second kappa shape index (κ2) is 7.86. The van der Waals surface area contributed by atoms with Gasteiger partial charge in [0, 0.05) is 25.6 Å². The van der Waals surface area contributed by atoms with Crippen LogP contribution in [0.1, 0.15) is 37.3 Å². The molecule has 1 aliphatic heterocycles. The smallest absolute Gasteiger partial charge is 0.233 e. The average Bonchev–Trinajstić information content (AvgIpc) is 2.89. The first-order chi connectivity index (χ1) is 11.0. The summed E-state index contributed by atoms with van der Waals surface area (Å²) in [4.78, 5) is 28.2. The summed E-state index contributed by atoms with van der Waals surface area (Å²) < 4.78 is 0. The Morgan fingerprint density at radius 3 is 2.70 bits per heavy atom. The Balaban J connectivity index is 2.09. The Kier molecular flexibility index (Phi) is 6.10. The molecule has 1 heterocycles. The molecule has 2 rings (SSSR count). The van der Waals surface area contributed by atoms with Gasteiger partial charge in [-0.05, 0) is 25.0 Å². The molecule has 1 atom stereocenters.